The average Bonchev–Trinajstić information content (AvgIpc) is 2.68. The summed E-state index contributed by atoms with van der Waals surface area (Å²) in [5, 5.41) is 0. The Balaban J connectivity index is 1.93. The standard InChI is InChI=1S/C20H20N2O3S/c23-20(15-9-3-1-4-10-15)18-19(22-13-7-2-8-14-22)16-11-5-6-12-17(16)26(24,25)21-18/h1,3-6,9-12,21H,2,7-8,13-14H2. The van der Waals surface area contributed by atoms with Crippen LogP contribution < -0.4 is 4.72 Å². The summed E-state index contributed by atoms with van der Waals surface area (Å²) < 4.78 is 28.0. The number of rotatable bonds is 3. The Morgan fingerprint density at radius 1 is 0.885 bits per heavy atom. The van der Waals surface area contributed by atoms with Crippen LogP contribution in [0.2, 0.25) is 0 Å². The van der Waals surface area contributed by atoms with E-state index in [4.69, 9.17) is 0 Å². The number of nitrogens with zero attached hydrogens (tertiary/aromatic N) is 1. The van der Waals surface area contributed by atoms with Crippen LogP contribution in [0.1, 0.15) is 35.2 Å². The zero-order valence-electron chi connectivity index (χ0n) is 14.3. The molecule has 0 amide bonds. The summed E-state index contributed by atoms with van der Waals surface area (Å²) in [4.78, 5) is 15.5. The maximum Gasteiger partial charge on any atom is 0.262 e. The number of hydrogen-bond acceptors (Lipinski definition) is 4. The highest BCUT2D eigenvalue weighted by Crippen LogP contribution is 2.35. The number of allylic oxidation sites excluding steroid dienone is 1. The Kier molecular flexibility index (Phi) is 4.28. The number of carbonyl (C=O) groups is 1. The zero-order chi connectivity index (χ0) is 18.1. The minimum atomic E-state index is -3.77. The number of nitrogens with one attached hydrogen (secondary N) is 1. The normalized spacial score (nSPS) is 18.8. The number of piperidine rings is 1. The van der Waals surface area contributed by atoms with Crippen molar-refractivity contribution in [3.8, 4) is 0 Å². The monoisotopic (exact) mass is 368 g/mol. The van der Waals surface area contributed by atoms with Gasteiger partial charge in [-0.25, -0.2) is 8.42 Å². The number of benzene rings is 2. The first kappa shape index (κ1) is 16.8. The number of likely N-dealkylation sites (tertiary alicyclic amines) is 1. The van der Waals surface area contributed by atoms with Crippen molar-refractivity contribution in [2.75, 3.05) is 13.1 Å². The topological polar surface area (TPSA) is 66.5 Å². The predicted octanol–water partition coefficient (Wildman–Crippen LogP) is 3.02. The lowest BCUT2D eigenvalue weighted by molar-refractivity contribution is 0.102. The first-order valence-corrected chi connectivity index (χ1v) is 10.3. The minimum Gasteiger partial charge on any atom is -0.369 e. The molecule has 1 saturated heterocycles. The van der Waals surface area contributed by atoms with E-state index in [1.165, 1.54) is 0 Å². The third-order valence-corrected chi connectivity index (χ3v) is 6.25. The smallest absolute Gasteiger partial charge is 0.262 e. The molecule has 5 nitrogen and oxygen atoms in total. The van der Waals surface area contributed by atoms with Gasteiger partial charge in [-0.3, -0.25) is 9.52 Å². The molecule has 0 spiro atoms. The van der Waals surface area contributed by atoms with E-state index in [0.717, 1.165) is 32.4 Å². The molecule has 0 aromatic heterocycles. The summed E-state index contributed by atoms with van der Waals surface area (Å²) in [5.74, 6) is -0.302. The van der Waals surface area contributed by atoms with Crippen LogP contribution in [0.5, 0.6) is 0 Å². The van der Waals surface area contributed by atoms with E-state index in [1.54, 1.807) is 42.5 Å². The van der Waals surface area contributed by atoms with Crippen LogP contribution in [0.4, 0.5) is 0 Å². The van der Waals surface area contributed by atoms with Crippen molar-refractivity contribution in [2.24, 2.45) is 0 Å². The summed E-state index contributed by atoms with van der Waals surface area (Å²) in [5.41, 5.74) is 1.92. The molecule has 2 aliphatic heterocycles. The highest BCUT2D eigenvalue weighted by molar-refractivity contribution is 7.89. The summed E-state index contributed by atoms with van der Waals surface area (Å²) in [6.45, 7) is 1.63. The largest absolute Gasteiger partial charge is 0.369 e. The lowest BCUT2D eigenvalue weighted by Gasteiger charge is -2.35. The van der Waals surface area contributed by atoms with Gasteiger partial charge < -0.3 is 4.90 Å². The van der Waals surface area contributed by atoms with E-state index < -0.39 is 10.0 Å². The molecule has 26 heavy (non-hydrogen) atoms. The van der Waals surface area contributed by atoms with Gasteiger partial charge in [-0.15, -0.1) is 0 Å². The third kappa shape index (κ3) is 2.90. The van der Waals surface area contributed by atoms with Crippen LogP contribution in [0, 0.1) is 0 Å². The highest BCUT2D eigenvalue weighted by Gasteiger charge is 2.35. The van der Waals surface area contributed by atoms with E-state index in [0.29, 0.717) is 16.8 Å². The Labute approximate surface area is 153 Å². The second-order valence-corrected chi connectivity index (χ2v) is 8.22. The molecule has 2 aliphatic rings. The number of ketones is 1. The molecular weight excluding hydrogens is 348 g/mol. The molecule has 0 radical (unpaired) electrons. The second kappa shape index (κ2) is 6.61. The van der Waals surface area contributed by atoms with Gasteiger partial charge in [-0.1, -0.05) is 48.5 Å². The lowest BCUT2D eigenvalue weighted by Crippen LogP contribution is -2.39. The number of fused-ring (bicyclic) bond motifs is 1. The molecule has 4 rings (SSSR count). The van der Waals surface area contributed by atoms with Crippen LogP contribution >= 0.6 is 0 Å². The van der Waals surface area contributed by atoms with E-state index in [9.17, 15) is 13.2 Å². The zero-order valence-corrected chi connectivity index (χ0v) is 15.1. The van der Waals surface area contributed by atoms with E-state index in [2.05, 4.69) is 9.62 Å². The molecule has 0 saturated carbocycles. The average molecular weight is 368 g/mol. The van der Waals surface area contributed by atoms with Crippen molar-refractivity contribution in [2.45, 2.75) is 24.2 Å². The molecule has 0 unspecified atom stereocenters. The fourth-order valence-electron chi connectivity index (χ4n) is 3.60. The molecule has 2 aromatic rings. The Hall–Kier alpha value is -2.60. The predicted molar refractivity (Wildman–Crippen MR) is 99.9 cm³/mol. The van der Waals surface area contributed by atoms with Gasteiger partial charge in [0.05, 0.1) is 10.6 Å². The van der Waals surface area contributed by atoms with E-state index in [-0.39, 0.29) is 16.4 Å². The van der Waals surface area contributed by atoms with Gasteiger partial charge in [0, 0.05) is 24.2 Å². The molecule has 2 aromatic carbocycles. The van der Waals surface area contributed by atoms with Gasteiger partial charge in [0.15, 0.2) is 0 Å². The number of Topliss-reactive ketones (excluding diaryl/α,β-unsaturated/α-hetero) is 1. The Bertz CT molecular complexity index is 975. The van der Waals surface area contributed by atoms with Crippen LogP contribution in [-0.4, -0.2) is 32.2 Å². The molecule has 134 valence electrons. The van der Waals surface area contributed by atoms with Crippen LogP contribution in [0.3, 0.4) is 0 Å². The van der Waals surface area contributed by atoms with Gasteiger partial charge >= 0.3 is 0 Å². The maximum absolute atomic E-state index is 13.1. The first-order chi connectivity index (χ1) is 12.6. The highest BCUT2D eigenvalue weighted by atomic mass is 32.2. The number of carbonyl (C=O) groups excluding carboxylic acids is 1. The van der Waals surface area contributed by atoms with Crippen LogP contribution in [0.15, 0.2) is 65.2 Å². The number of hydrogen-bond donors (Lipinski definition) is 1. The van der Waals surface area contributed by atoms with Crippen molar-refractivity contribution < 1.29 is 13.2 Å². The van der Waals surface area contributed by atoms with E-state index >= 15 is 0 Å². The molecule has 0 bridgehead atoms. The summed E-state index contributed by atoms with van der Waals surface area (Å²) in [6, 6.07) is 15.7. The van der Waals surface area contributed by atoms with Gasteiger partial charge in [0.1, 0.15) is 5.70 Å². The molecule has 0 aliphatic carbocycles. The first-order valence-electron chi connectivity index (χ1n) is 8.79. The molecule has 0 atom stereocenters. The van der Waals surface area contributed by atoms with E-state index in [1.807, 2.05) is 12.1 Å². The van der Waals surface area contributed by atoms with Gasteiger partial charge in [-0.05, 0) is 25.3 Å². The summed E-state index contributed by atoms with van der Waals surface area (Å²) >= 11 is 0. The van der Waals surface area contributed by atoms with Crippen molar-refractivity contribution in [1.82, 2.24) is 9.62 Å². The SMILES string of the molecule is O=C(C1=C(N2CCCCC2)c2ccccc2S(=O)(=O)N1)c1ccccc1. The lowest BCUT2D eigenvalue weighted by atomic mass is 10.0. The fraction of sp³-hybridized carbons (Fsp3) is 0.250. The van der Waals surface area contributed by atoms with Crippen LogP contribution in [0.25, 0.3) is 5.70 Å². The number of sulfonamides is 1. The molecular formula is C20H20N2O3S. The molecule has 6 heteroatoms. The Morgan fingerprint density at radius 2 is 1.54 bits per heavy atom. The van der Waals surface area contributed by atoms with Gasteiger partial charge in [0.2, 0.25) is 5.78 Å². The second-order valence-electron chi connectivity index (χ2n) is 6.57. The Morgan fingerprint density at radius 3 is 2.27 bits per heavy atom. The molecule has 1 fully saturated rings. The molecule has 1 N–H and O–H groups in total. The van der Waals surface area contributed by atoms with Crippen molar-refractivity contribution in [1.29, 1.82) is 0 Å². The van der Waals surface area contributed by atoms with Crippen molar-refractivity contribution >= 4 is 21.5 Å². The molecule has 2 heterocycles. The summed E-state index contributed by atoms with van der Waals surface area (Å²) in [6.07, 6.45) is 3.22. The van der Waals surface area contributed by atoms with Gasteiger partial charge in [-0.2, -0.15) is 0 Å². The van der Waals surface area contributed by atoms with Crippen molar-refractivity contribution in [3.05, 3.63) is 71.4 Å². The van der Waals surface area contributed by atoms with Crippen molar-refractivity contribution in [3.63, 3.8) is 0 Å². The summed E-state index contributed by atoms with van der Waals surface area (Å²) in [7, 11) is -3.77. The maximum atomic E-state index is 13.1. The quantitative estimate of drug-likeness (QED) is 0.846. The third-order valence-electron chi connectivity index (χ3n) is 4.84. The minimum absolute atomic E-state index is 0.150. The van der Waals surface area contributed by atoms with Gasteiger partial charge in [0.25, 0.3) is 10.0 Å². The fourth-order valence-corrected chi connectivity index (χ4v) is 4.88. The van der Waals surface area contributed by atoms with Crippen LogP contribution in [-0.2, 0) is 10.0 Å².